The number of methoxy groups -OCH3 is 1. The maximum atomic E-state index is 11.6. The van der Waals surface area contributed by atoms with Crippen LogP contribution in [0.4, 0.5) is 0 Å². The van der Waals surface area contributed by atoms with E-state index in [0.29, 0.717) is 0 Å². The van der Waals surface area contributed by atoms with Gasteiger partial charge < -0.3 is 15.6 Å². The molecule has 0 radical (unpaired) electrons. The molecular weight excluding hydrogens is 226 g/mol. The average Bonchev–Trinajstić information content (AvgIpc) is 2.66. The van der Waals surface area contributed by atoms with Gasteiger partial charge in [0.15, 0.2) is 0 Å². The van der Waals surface area contributed by atoms with E-state index < -0.39 is 5.54 Å². The molecule has 16 heavy (non-hydrogen) atoms. The van der Waals surface area contributed by atoms with E-state index in [1.807, 2.05) is 0 Å². The quantitative estimate of drug-likeness (QED) is 0.536. The Morgan fingerprint density at radius 3 is 3.00 bits per heavy atom. The summed E-state index contributed by atoms with van der Waals surface area (Å²) in [6.07, 6.45) is 3.66. The number of thioether (sulfide) groups is 1. The van der Waals surface area contributed by atoms with Gasteiger partial charge in [-0.3, -0.25) is 4.79 Å². The van der Waals surface area contributed by atoms with Crippen molar-refractivity contribution in [2.45, 2.75) is 31.2 Å². The topological polar surface area (TPSA) is 72.5 Å². The van der Waals surface area contributed by atoms with Crippen LogP contribution in [0.2, 0.25) is 0 Å². The summed E-state index contributed by atoms with van der Waals surface area (Å²) in [5.74, 6) is 1.65. The number of hydrogen-bond donors (Lipinski definition) is 2. The van der Waals surface area contributed by atoms with E-state index >= 15 is 0 Å². The molecule has 1 aliphatic carbocycles. The summed E-state index contributed by atoms with van der Waals surface area (Å²) in [4.78, 5) is 11.6. The number of nitrogens with two attached hydrogens (primary N) is 1. The molecule has 4 nitrogen and oxygen atoms in total. The number of ether oxygens (including phenoxy) is 1. The van der Waals surface area contributed by atoms with Gasteiger partial charge in [0.2, 0.25) is 0 Å². The fourth-order valence-corrected chi connectivity index (χ4v) is 3.14. The van der Waals surface area contributed by atoms with Crippen LogP contribution in [0.3, 0.4) is 0 Å². The second-order valence-corrected chi connectivity index (χ2v) is 5.47. The van der Waals surface area contributed by atoms with E-state index in [4.69, 9.17) is 15.6 Å². The van der Waals surface area contributed by atoms with E-state index in [1.165, 1.54) is 7.11 Å². The van der Waals surface area contributed by atoms with Crippen LogP contribution in [0.5, 0.6) is 0 Å². The molecule has 1 fully saturated rings. The summed E-state index contributed by atoms with van der Waals surface area (Å²) in [6, 6.07) is 0. The Labute approximate surface area is 101 Å². The van der Waals surface area contributed by atoms with E-state index in [2.05, 4.69) is 0 Å². The maximum absolute atomic E-state index is 11.6. The molecular formula is C11H21NO3S. The summed E-state index contributed by atoms with van der Waals surface area (Å²) >= 11 is 1.70. The zero-order valence-corrected chi connectivity index (χ0v) is 10.6. The first kappa shape index (κ1) is 13.8. The molecule has 1 saturated carbocycles. The van der Waals surface area contributed by atoms with E-state index in [-0.39, 0.29) is 18.5 Å². The van der Waals surface area contributed by atoms with Crippen molar-refractivity contribution in [2.24, 2.45) is 11.7 Å². The van der Waals surface area contributed by atoms with Gasteiger partial charge in [0, 0.05) is 5.75 Å². The minimum absolute atomic E-state index is 0.208. The molecule has 0 bridgehead atoms. The van der Waals surface area contributed by atoms with Crippen molar-refractivity contribution < 1.29 is 14.6 Å². The number of esters is 1. The first-order chi connectivity index (χ1) is 7.65. The number of carbonyl (C=O) groups excluding carboxylic acids is 1. The minimum Gasteiger partial charge on any atom is -0.468 e. The van der Waals surface area contributed by atoms with Crippen LogP contribution in [-0.2, 0) is 9.53 Å². The lowest BCUT2D eigenvalue weighted by Crippen LogP contribution is -2.51. The van der Waals surface area contributed by atoms with Gasteiger partial charge in [0.25, 0.3) is 0 Å². The summed E-state index contributed by atoms with van der Waals surface area (Å²) < 4.78 is 4.78. The first-order valence-corrected chi connectivity index (χ1v) is 6.86. The molecule has 94 valence electrons. The van der Waals surface area contributed by atoms with Crippen LogP contribution in [0.1, 0.15) is 25.7 Å². The molecule has 1 aliphatic rings. The molecule has 5 heteroatoms. The zero-order chi connectivity index (χ0) is 12.0. The molecule has 3 N–H and O–H groups in total. The van der Waals surface area contributed by atoms with Gasteiger partial charge in [-0.25, -0.2) is 0 Å². The van der Waals surface area contributed by atoms with Gasteiger partial charge in [0.1, 0.15) is 5.54 Å². The highest BCUT2D eigenvalue weighted by Crippen LogP contribution is 2.37. The van der Waals surface area contributed by atoms with Crippen LogP contribution in [0.25, 0.3) is 0 Å². The fourth-order valence-electron chi connectivity index (χ4n) is 2.36. The van der Waals surface area contributed by atoms with Crippen molar-refractivity contribution >= 4 is 17.7 Å². The molecule has 2 atom stereocenters. The van der Waals surface area contributed by atoms with E-state index in [9.17, 15) is 4.79 Å². The normalized spacial score (nSPS) is 29.3. The number of rotatable bonds is 6. The SMILES string of the molecule is COC(=O)C1(N)CCCC1CCSCCO. The number of carbonyl (C=O) groups is 1. The summed E-state index contributed by atoms with van der Waals surface area (Å²) in [5, 5.41) is 8.67. The highest BCUT2D eigenvalue weighted by atomic mass is 32.2. The Morgan fingerprint density at radius 2 is 2.38 bits per heavy atom. The molecule has 0 aromatic rings. The van der Waals surface area contributed by atoms with Crippen LogP contribution in [0.15, 0.2) is 0 Å². The molecule has 0 heterocycles. The van der Waals surface area contributed by atoms with Crippen LogP contribution in [0, 0.1) is 5.92 Å². The molecule has 2 unspecified atom stereocenters. The minimum atomic E-state index is -0.769. The second-order valence-electron chi connectivity index (χ2n) is 4.25. The third-order valence-electron chi connectivity index (χ3n) is 3.28. The maximum Gasteiger partial charge on any atom is 0.326 e. The summed E-state index contributed by atoms with van der Waals surface area (Å²) in [7, 11) is 1.40. The van der Waals surface area contributed by atoms with Gasteiger partial charge in [-0.2, -0.15) is 11.8 Å². The van der Waals surface area contributed by atoms with Crippen LogP contribution < -0.4 is 5.73 Å². The van der Waals surface area contributed by atoms with Crippen LogP contribution >= 0.6 is 11.8 Å². The smallest absolute Gasteiger partial charge is 0.326 e. The molecule has 0 aromatic heterocycles. The highest BCUT2D eigenvalue weighted by molar-refractivity contribution is 7.99. The lowest BCUT2D eigenvalue weighted by molar-refractivity contribution is -0.148. The van der Waals surface area contributed by atoms with Crippen molar-refractivity contribution in [2.75, 3.05) is 25.2 Å². The zero-order valence-electron chi connectivity index (χ0n) is 9.78. The Morgan fingerprint density at radius 1 is 1.62 bits per heavy atom. The van der Waals surface area contributed by atoms with Crippen molar-refractivity contribution in [1.29, 1.82) is 0 Å². The van der Waals surface area contributed by atoms with Gasteiger partial charge in [-0.15, -0.1) is 0 Å². The lowest BCUT2D eigenvalue weighted by atomic mass is 9.86. The fraction of sp³-hybridized carbons (Fsp3) is 0.909. The van der Waals surface area contributed by atoms with Crippen molar-refractivity contribution in [3.8, 4) is 0 Å². The van der Waals surface area contributed by atoms with Gasteiger partial charge in [-0.1, -0.05) is 6.42 Å². The summed E-state index contributed by atoms with van der Waals surface area (Å²) in [5.41, 5.74) is 5.37. The molecule has 0 aliphatic heterocycles. The second kappa shape index (κ2) is 6.47. The van der Waals surface area contributed by atoms with E-state index in [1.54, 1.807) is 11.8 Å². The van der Waals surface area contributed by atoms with E-state index in [0.717, 1.165) is 37.2 Å². The predicted octanol–water partition coefficient (Wildman–Crippen LogP) is 0.773. The van der Waals surface area contributed by atoms with Gasteiger partial charge >= 0.3 is 5.97 Å². The first-order valence-electron chi connectivity index (χ1n) is 5.71. The molecule has 1 rings (SSSR count). The lowest BCUT2D eigenvalue weighted by Gasteiger charge is -2.28. The Hall–Kier alpha value is -0.260. The van der Waals surface area contributed by atoms with Crippen molar-refractivity contribution in [3.05, 3.63) is 0 Å². The van der Waals surface area contributed by atoms with Crippen molar-refractivity contribution in [3.63, 3.8) is 0 Å². The largest absolute Gasteiger partial charge is 0.468 e. The van der Waals surface area contributed by atoms with Gasteiger partial charge in [0.05, 0.1) is 13.7 Å². The van der Waals surface area contributed by atoms with Crippen molar-refractivity contribution in [1.82, 2.24) is 0 Å². The third kappa shape index (κ3) is 3.12. The average molecular weight is 247 g/mol. The Bertz CT molecular complexity index is 237. The van der Waals surface area contributed by atoms with Gasteiger partial charge in [-0.05, 0) is 30.9 Å². The molecule has 0 amide bonds. The number of aliphatic hydroxyl groups excluding tert-OH is 1. The molecule has 0 aromatic carbocycles. The summed E-state index contributed by atoms with van der Waals surface area (Å²) in [6.45, 7) is 0.208. The predicted molar refractivity (Wildman–Crippen MR) is 65.3 cm³/mol. The Balaban J connectivity index is 2.42. The Kier molecular flexibility index (Phi) is 5.58. The highest BCUT2D eigenvalue weighted by Gasteiger charge is 2.46. The number of aliphatic hydroxyl groups is 1. The number of hydrogen-bond acceptors (Lipinski definition) is 5. The molecule has 0 spiro atoms. The third-order valence-corrected chi connectivity index (χ3v) is 4.28. The molecule has 0 saturated heterocycles. The monoisotopic (exact) mass is 247 g/mol. The standard InChI is InChI=1S/C11H21NO3S/c1-15-10(14)11(12)5-2-3-9(11)4-7-16-8-6-13/h9,13H,2-8,12H2,1H3. The van der Waals surface area contributed by atoms with Crippen LogP contribution in [-0.4, -0.2) is 41.8 Å².